The van der Waals surface area contributed by atoms with Crippen LogP contribution >= 0.6 is 0 Å². The number of carbonyl (C=O) groups excluding carboxylic acids is 1. The van der Waals surface area contributed by atoms with Gasteiger partial charge in [-0.25, -0.2) is 4.39 Å². The quantitative estimate of drug-likeness (QED) is 0.628. The van der Waals surface area contributed by atoms with E-state index >= 15 is 0 Å². The molecule has 2 heterocycles. The summed E-state index contributed by atoms with van der Waals surface area (Å²) in [7, 11) is 0. The van der Waals surface area contributed by atoms with Gasteiger partial charge in [0.1, 0.15) is 5.82 Å². The van der Waals surface area contributed by atoms with E-state index in [-0.39, 0.29) is 11.7 Å². The van der Waals surface area contributed by atoms with Crippen LogP contribution in [0.15, 0.2) is 67.0 Å². The molecule has 6 heteroatoms. The van der Waals surface area contributed by atoms with Gasteiger partial charge in [0.05, 0.1) is 23.1 Å². The number of halogens is 1. The standard InChI is InChI=1S/C23H23FN4O/c24-21-6-2-3-7-22(21)26-19-14-17(15-25-16-19)23(29)27-18-8-10-20(11-9-18)28-12-4-1-5-13-28/h2-3,6-11,14-16,26H,1,4-5,12-13H2,(H,27,29). The van der Waals surface area contributed by atoms with Gasteiger partial charge in [-0.15, -0.1) is 0 Å². The number of para-hydroxylation sites is 1. The highest BCUT2D eigenvalue weighted by Crippen LogP contribution is 2.23. The molecule has 2 N–H and O–H groups in total. The number of amides is 1. The first-order valence-corrected chi connectivity index (χ1v) is 9.82. The lowest BCUT2D eigenvalue weighted by Gasteiger charge is -2.28. The van der Waals surface area contributed by atoms with E-state index in [0.717, 1.165) is 18.8 Å². The van der Waals surface area contributed by atoms with Crippen molar-refractivity contribution in [1.82, 2.24) is 4.98 Å². The summed E-state index contributed by atoms with van der Waals surface area (Å²) in [5, 5.41) is 5.84. The number of hydrogen-bond acceptors (Lipinski definition) is 4. The van der Waals surface area contributed by atoms with E-state index in [2.05, 4.69) is 20.5 Å². The second-order valence-electron chi connectivity index (χ2n) is 7.12. The van der Waals surface area contributed by atoms with Crippen LogP contribution in [0.1, 0.15) is 29.6 Å². The number of aromatic nitrogens is 1. The lowest BCUT2D eigenvalue weighted by atomic mass is 10.1. The van der Waals surface area contributed by atoms with Gasteiger partial charge in [0, 0.05) is 30.7 Å². The Hall–Kier alpha value is -3.41. The minimum atomic E-state index is -0.365. The van der Waals surface area contributed by atoms with Gasteiger partial charge in [0.25, 0.3) is 5.91 Å². The van der Waals surface area contributed by atoms with Crippen LogP contribution in [0.2, 0.25) is 0 Å². The summed E-state index contributed by atoms with van der Waals surface area (Å²) < 4.78 is 13.8. The zero-order chi connectivity index (χ0) is 20.1. The maximum atomic E-state index is 13.8. The predicted octanol–water partition coefficient (Wildman–Crippen LogP) is 5.21. The zero-order valence-electron chi connectivity index (χ0n) is 16.1. The van der Waals surface area contributed by atoms with Gasteiger partial charge in [0.2, 0.25) is 0 Å². The topological polar surface area (TPSA) is 57.3 Å². The molecule has 3 aromatic rings. The molecule has 4 rings (SSSR count). The van der Waals surface area contributed by atoms with Crippen LogP contribution in [-0.2, 0) is 0 Å². The maximum absolute atomic E-state index is 13.8. The van der Waals surface area contributed by atoms with Crippen LogP contribution < -0.4 is 15.5 Å². The van der Waals surface area contributed by atoms with E-state index in [0.29, 0.717) is 16.9 Å². The van der Waals surface area contributed by atoms with Crippen molar-refractivity contribution in [3.05, 3.63) is 78.4 Å². The first-order chi connectivity index (χ1) is 14.2. The third-order valence-corrected chi connectivity index (χ3v) is 5.00. The SMILES string of the molecule is O=C(Nc1ccc(N2CCCCC2)cc1)c1cncc(Nc2ccccc2F)c1. The molecule has 29 heavy (non-hydrogen) atoms. The molecule has 148 valence electrons. The van der Waals surface area contributed by atoms with E-state index in [1.54, 1.807) is 30.5 Å². The Morgan fingerprint density at radius 3 is 2.45 bits per heavy atom. The molecule has 0 saturated carbocycles. The molecule has 0 atom stereocenters. The summed E-state index contributed by atoms with van der Waals surface area (Å²) in [6.07, 6.45) is 6.79. The molecule has 1 aromatic heterocycles. The molecule has 1 aliphatic heterocycles. The number of hydrogen-bond donors (Lipinski definition) is 2. The van der Waals surface area contributed by atoms with E-state index in [4.69, 9.17) is 0 Å². The number of benzene rings is 2. The molecule has 1 aliphatic rings. The molecule has 0 bridgehead atoms. The van der Waals surface area contributed by atoms with Gasteiger partial charge >= 0.3 is 0 Å². The summed E-state index contributed by atoms with van der Waals surface area (Å²) in [6, 6.07) is 15.9. The van der Waals surface area contributed by atoms with Gasteiger partial charge in [-0.05, 0) is 61.7 Å². The predicted molar refractivity (Wildman–Crippen MR) is 114 cm³/mol. The van der Waals surface area contributed by atoms with Crippen molar-refractivity contribution in [2.24, 2.45) is 0 Å². The van der Waals surface area contributed by atoms with Crippen LogP contribution in [0, 0.1) is 5.82 Å². The van der Waals surface area contributed by atoms with Crippen molar-refractivity contribution < 1.29 is 9.18 Å². The third-order valence-electron chi connectivity index (χ3n) is 5.00. The lowest BCUT2D eigenvalue weighted by Crippen LogP contribution is -2.29. The Morgan fingerprint density at radius 2 is 1.69 bits per heavy atom. The zero-order valence-corrected chi connectivity index (χ0v) is 16.1. The normalized spacial score (nSPS) is 13.8. The van der Waals surface area contributed by atoms with Crippen LogP contribution in [0.3, 0.4) is 0 Å². The fourth-order valence-electron chi connectivity index (χ4n) is 3.46. The molecule has 0 radical (unpaired) electrons. The number of nitrogens with zero attached hydrogens (tertiary/aromatic N) is 2. The highest BCUT2D eigenvalue weighted by atomic mass is 19.1. The molecule has 1 fully saturated rings. The summed E-state index contributed by atoms with van der Waals surface area (Å²) in [6.45, 7) is 2.17. The summed E-state index contributed by atoms with van der Waals surface area (Å²) in [5.41, 5.74) is 3.18. The summed E-state index contributed by atoms with van der Waals surface area (Å²) >= 11 is 0. The molecule has 0 spiro atoms. The molecule has 5 nitrogen and oxygen atoms in total. The van der Waals surface area contributed by atoms with E-state index in [9.17, 15) is 9.18 Å². The Morgan fingerprint density at radius 1 is 0.931 bits per heavy atom. The first-order valence-electron chi connectivity index (χ1n) is 9.82. The Labute approximate surface area is 169 Å². The van der Waals surface area contributed by atoms with E-state index < -0.39 is 0 Å². The maximum Gasteiger partial charge on any atom is 0.257 e. The van der Waals surface area contributed by atoms with Crippen molar-refractivity contribution in [2.45, 2.75) is 19.3 Å². The smallest absolute Gasteiger partial charge is 0.257 e. The largest absolute Gasteiger partial charge is 0.372 e. The van der Waals surface area contributed by atoms with Crippen molar-refractivity contribution in [1.29, 1.82) is 0 Å². The fourth-order valence-corrected chi connectivity index (χ4v) is 3.46. The average molecular weight is 390 g/mol. The molecule has 2 aromatic carbocycles. The second kappa shape index (κ2) is 8.73. The summed E-state index contributed by atoms with van der Waals surface area (Å²) in [4.78, 5) is 19.1. The second-order valence-corrected chi connectivity index (χ2v) is 7.12. The number of nitrogens with one attached hydrogen (secondary N) is 2. The number of anilines is 4. The Kier molecular flexibility index (Phi) is 5.70. The highest BCUT2D eigenvalue weighted by Gasteiger charge is 2.12. The monoisotopic (exact) mass is 390 g/mol. The minimum Gasteiger partial charge on any atom is -0.372 e. The summed E-state index contributed by atoms with van der Waals surface area (Å²) in [5.74, 6) is -0.628. The van der Waals surface area contributed by atoms with Crippen LogP contribution in [0.4, 0.5) is 27.1 Å². The van der Waals surface area contributed by atoms with Crippen molar-refractivity contribution in [3.63, 3.8) is 0 Å². The molecule has 1 saturated heterocycles. The fraction of sp³-hybridized carbons (Fsp3) is 0.217. The van der Waals surface area contributed by atoms with Gasteiger partial charge < -0.3 is 15.5 Å². The molecular weight excluding hydrogens is 367 g/mol. The Bertz CT molecular complexity index is 984. The molecule has 0 aliphatic carbocycles. The Balaban J connectivity index is 1.42. The number of piperidine rings is 1. The van der Waals surface area contributed by atoms with Gasteiger partial charge in [-0.1, -0.05) is 12.1 Å². The average Bonchev–Trinajstić information content (AvgIpc) is 2.77. The minimum absolute atomic E-state index is 0.264. The molecule has 0 unspecified atom stereocenters. The third kappa shape index (κ3) is 4.71. The number of carbonyl (C=O) groups is 1. The first kappa shape index (κ1) is 18.9. The van der Waals surface area contributed by atoms with Crippen molar-refractivity contribution >= 4 is 28.7 Å². The van der Waals surface area contributed by atoms with Crippen molar-refractivity contribution in [2.75, 3.05) is 28.6 Å². The lowest BCUT2D eigenvalue weighted by molar-refractivity contribution is 0.102. The highest BCUT2D eigenvalue weighted by molar-refractivity contribution is 6.04. The number of rotatable bonds is 5. The van der Waals surface area contributed by atoms with Gasteiger partial charge in [-0.2, -0.15) is 0 Å². The van der Waals surface area contributed by atoms with E-state index in [1.807, 2.05) is 24.3 Å². The van der Waals surface area contributed by atoms with Crippen LogP contribution in [0.5, 0.6) is 0 Å². The van der Waals surface area contributed by atoms with E-state index in [1.165, 1.54) is 37.2 Å². The van der Waals surface area contributed by atoms with Gasteiger partial charge in [0.15, 0.2) is 0 Å². The van der Waals surface area contributed by atoms with Crippen LogP contribution in [0.25, 0.3) is 0 Å². The van der Waals surface area contributed by atoms with Gasteiger partial charge in [-0.3, -0.25) is 9.78 Å². The van der Waals surface area contributed by atoms with Crippen LogP contribution in [-0.4, -0.2) is 24.0 Å². The molecule has 1 amide bonds. The van der Waals surface area contributed by atoms with Crippen molar-refractivity contribution in [3.8, 4) is 0 Å². The number of pyridine rings is 1. The molecular formula is C23H23FN4O.